The SMILES string of the molecule is Cc1nn(C)c(C)c1CC(=O)N1CCN(S(=O)(=O)c2ccccc2[N+](=O)[O-])CC1. The number of nitrogens with zero attached hydrogens (tertiary/aromatic N) is 5. The fraction of sp³-hybridized carbons (Fsp3) is 0.444. The fourth-order valence-corrected chi connectivity index (χ4v) is 5.06. The second-order valence-corrected chi connectivity index (χ2v) is 8.87. The maximum Gasteiger partial charge on any atom is 0.289 e. The van der Waals surface area contributed by atoms with Crippen LogP contribution in [0.4, 0.5) is 5.69 Å². The number of carbonyl (C=O) groups excluding carboxylic acids is 1. The smallest absolute Gasteiger partial charge is 0.289 e. The maximum absolute atomic E-state index is 12.9. The van der Waals surface area contributed by atoms with Crippen LogP contribution in [0.1, 0.15) is 17.0 Å². The monoisotopic (exact) mass is 421 g/mol. The van der Waals surface area contributed by atoms with E-state index < -0.39 is 20.6 Å². The van der Waals surface area contributed by atoms with Gasteiger partial charge in [-0.3, -0.25) is 19.6 Å². The Labute approximate surface area is 168 Å². The molecule has 1 amide bonds. The number of aromatic nitrogens is 2. The quantitative estimate of drug-likeness (QED) is 0.525. The third-order valence-electron chi connectivity index (χ3n) is 5.26. The molecule has 1 aromatic carbocycles. The molecule has 1 aliphatic heterocycles. The molecule has 1 fully saturated rings. The molecule has 0 atom stereocenters. The molecule has 0 aliphatic carbocycles. The van der Waals surface area contributed by atoms with Crippen molar-refractivity contribution in [2.45, 2.75) is 25.2 Å². The highest BCUT2D eigenvalue weighted by molar-refractivity contribution is 7.89. The third-order valence-corrected chi connectivity index (χ3v) is 7.20. The number of benzene rings is 1. The van der Waals surface area contributed by atoms with Gasteiger partial charge in [0, 0.05) is 50.6 Å². The molecular formula is C18H23N5O5S. The van der Waals surface area contributed by atoms with Crippen molar-refractivity contribution in [1.82, 2.24) is 19.0 Å². The Bertz CT molecular complexity index is 1050. The Morgan fingerprint density at radius 1 is 1.17 bits per heavy atom. The summed E-state index contributed by atoms with van der Waals surface area (Å²) < 4.78 is 28.7. The van der Waals surface area contributed by atoms with Crippen molar-refractivity contribution in [1.29, 1.82) is 0 Å². The second kappa shape index (κ2) is 7.91. The number of rotatable bonds is 5. The largest absolute Gasteiger partial charge is 0.340 e. The van der Waals surface area contributed by atoms with Gasteiger partial charge in [0.25, 0.3) is 5.69 Å². The molecule has 11 heteroatoms. The zero-order valence-corrected chi connectivity index (χ0v) is 17.3. The van der Waals surface area contributed by atoms with Gasteiger partial charge in [-0.05, 0) is 19.9 Å². The van der Waals surface area contributed by atoms with Crippen molar-refractivity contribution in [3.63, 3.8) is 0 Å². The summed E-state index contributed by atoms with van der Waals surface area (Å²) >= 11 is 0. The zero-order valence-electron chi connectivity index (χ0n) is 16.5. The summed E-state index contributed by atoms with van der Waals surface area (Å²) in [7, 11) is -2.19. The molecule has 0 N–H and O–H groups in total. The minimum absolute atomic E-state index is 0.0884. The van der Waals surface area contributed by atoms with E-state index in [2.05, 4.69) is 5.10 Å². The van der Waals surface area contributed by atoms with Gasteiger partial charge >= 0.3 is 0 Å². The molecule has 0 unspecified atom stereocenters. The van der Waals surface area contributed by atoms with Crippen LogP contribution in [-0.2, 0) is 28.3 Å². The topological polar surface area (TPSA) is 119 Å². The molecule has 2 heterocycles. The Hall–Kier alpha value is -2.79. The van der Waals surface area contributed by atoms with Gasteiger partial charge in [-0.25, -0.2) is 8.42 Å². The minimum atomic E-state index is -4.02. The van der Waals surface area contributed by atoms with Crippen LogP contribution >= 0.6 is 0 Å². The highest BCUT2D eigenvalue weighted by Gasteiger charge is 2.34. The lowest BCUT2D eigenvalue weighted by molar-refractivity contribution is -0.387. The lowest BCUT2D eigenvalue weighted by Gasteiger charge is -2.34. The molecule has 0 saturated carbocycles. The van der Waals surface area contributed by atoms with Gasteiger partial charge in [0.1, 0.15) is 0 Å². The van der Waals surface area contributed by atoms with Crippen molar-refractivity contribution >= 4 is 21.6 Å². The number of nitro benzene ring substituents is 1. The second-order valence-electron chi connectivity index (χ2n) is 6.96. The van der Waals surface area contributed by atoms with Gasteiger partial charge in [-0.2, -0.15) is 9.40 Å². The molecule has 1 aliphatic rings. The first-order valence-corrected chi connectivity index (χ1v) is 10.6. The summed E-state index contributed by atoms with van der Waals surface area (Å²) in [5.74, 6) is -0.0908. The van der Waals surface area contributed by atoms with E-state index in [0.29, 0.717) is 0 Å². The summed E-state index contributed by atoms with van der Waals surface area (Å²) in [5.41, 5.74) is 2.16. The number of hydrogen-bond acceptors (Lipinski definition) is 6. The molecule has 29 heavy (non-hydrogen) atoms. The van der Waals surface area contributed by atoms with Gasteiger partial charge in [-0.1, -0.05) is 12.1 Å². The van der Waals surface area contributed by atoms with Gasteiger partial charge < -0.3 is 4.90 Å². The number of carbonyl (C=O) groups is 1. The van der Waals surface area contributed by atoms with E-state index in [1.54, 1.807) is 9.58 Å². The molecule has 0 spiro atoms. The average Bonchev–Trinajstić information content (AvgIpc) is 2.94. The fourth-order valence-electron chi connectivity index (χ4n) is 3.48. The number of nitro groups is 1. The number of para-hydroxylation sites is 1. The van der Waals surface area contributed by atoms with Crippen molar-refractivity contribution in [3.8, 4) is 0 Å². The Morgan fingerprint density at radius 3 is 2.34 bits per heavy atom. The summed E-state index contributed by atoms with van der Waals surface area (Å²) in [4.78, 5) is 24.5. The van der Waals surface area contributed by atoms with E-state index in [1.807, 2.05) is 20.9 Å². The molecule has 3 rings (SSSR count). The van der Waals surface area contributed by atoms with Crippen molar-refractivity contribution in [2.75, 3.05) is 26.2 Å². The minimum Gasteiger partial charge on any atom is -0.340 e. The van der Waals surface area contributed by atoms with Crippen molar-refractivity contribution in [2.24, 2.45) is 7.05 Å². The molecular weight excluding hydrogens is 398 g/mol. The summed E-state index contributed by atoms with van der Waals surface area (Å²) in [6, 6.07) is 5.29. The molecule has 156 valence electrons. The van der Waals surface area contributed by atoms with Crippen LogP contribution in [0.2, 0.25) is 0 Å². The van der Waals surface area contributed by atoms with Crippen LogP contribution in [0, 0.1) is 24.0 Å². The van der Waals surface area contributed by atoms with Crippen LogP contribution in [0.15, 0.2) is 29.2 Å². The third kappa shape index (κ3) is 4.01. The van der Waals surface area contributed by atoms with Crippen LogP contribution in [0.25, 0.3) is 0 Å². The standard InChI is InChI=1S/C18H23N5O5S/c1-13-15(14(2)20(3)19-13)12-18(24)21-8-10-22(11-9-21)29(27,28)17-7-5-4-6-16(17)23(25)26/h4-7H,8-12H2,1-3H3. The highest BCUT2D eigenvalue weighted by Crippen LogP contribution is 2.27. The molecule has 1 aromatic heterocycles. The first-order valence-electron chi connectivity index (χ1n) is 9.13. The highest BCUT2D eigenvalue weighted by atomic mass is 32.2. The number of hydrogen-bond donors (Lipinski definition) is 0. The Morgan fingerprint density at radius 2 is 1.79 bits per heavy atom. The van der Waals surface area contributed by atoms with E-state index in [0.717, 1.165) is 17.0 Å². The lowest BCUT2D eigenvalue weighted by atomic mass is 10.1. The lowest BCUT2D eigenvalue weighted by Crippen LogP contribution is -2.51. The van der Waals surface area contributed by atoms with Crippen LogP contribution < -0.4 is 0 Å². The van der Waals surface area contributed by atoms with Crippen molar-refractivity contribution in [3.05, 3.63) is 51.3 Å². The first kappa shape index (κ1) is 20.9. The van der Waals surface area contributed by atoms with Crippen LogP contribution in [0.5, 0.6) is 0 Å². The number of sulfonamides is 1. The normalized spacial score (nSPS) is 15.5. The van der Waals surface area contributed by atoms with E-state index >= 15 is 0 Å². The van der Waals surface area contributed by atoms with Crippen molar-refractivity contribution < 1.29 is 18.1 Å². The van der Waals surface area contributed by atoms with Gasteiger partial charge in [0.2, 0.25) is 15.9 Å². The maximum atomic E-state index is 12.9. The zero-order chi connectivity index (χ0) is 21.3. The number of aryl methyl sites for hydroxylation is 2. The average molecular weight is 421 g/mol. The summed E-state index contributed by atoms with van der Waals surface area (Å²) in [6.07, 6.45) is 0.211. The van der Waals surface area contributed by atoms with Gasteiger partial charge in [0.15, 0.2) is 4.90 Å². The predicted molar refractivity (Wildman–Crippen MR) is 105 cm³/mol. The Balaban J connectivity index is 1.70. The van der Waals surface area contributed by atoms with Crippen LogP contribution in [-0.4, -0.2) is 64.4 Å². The molecule has 2 aromatic rings. The van der Waals surface area contributed by atoms with E-state index in [4.69, 9.17) is 0 Å². The molecule has 10 nitrogen and oxygen atoms in total. The van der Waals surface area contributed by atoms with Gasteiger partial charge in [0.05, 0.1) is 17.0 Å². The summed E-state index contributed by atoms with van der Waals surface area (Å²) in [5, 5.41) is 15.5. The van der Waals surface area contributed by atoms with E-state index in [1.165, 1.54) is 28.6 Å². The van der Waals surface area contributed by atoms with E-state index in [9.17, 15) is 23.3 Å². The first-order chi connectivity index (χ1) is 13.6. The molecule has 1 saturated heterocycles. The predicted octanol–water partition coefficient (Wildman–Crippen LogP) is 1.02. The van der Waals surface area contributed by atoms with E-state index in [-0.39, 0.29) is 43.4 Å². The molecule has 0 radical (unpaired) electrons. The number of amides is 1. The summed E-state index contributed by atoms with van der Waals surface area (Å²) in [6.45, 7) is 4.40. The Kier molecular flexibility index (Phi) is 5.71. The van der Waals surface area contributed by atoms with Crippen LogP contribution in [0.3, 0.4) is 0 Å². The van der Waals surface area contributed by atoms with Gasteiger partial charge in [-0.15, -0.1) is 0 Å². The molecule has 0 bridgehead atoms. The number of piperazine rings is 1.